The van der Waals surface area contributed by atoms with E-state index in [1.54, 1.807) is 5.32 Å². The van der Waals surface area contributed by atoms with Crippen molar-refractivity contribution in [1.82, 2.24) is 5.32 Å². The van der Waals surface area contributed by atoms with Crippen molar-refractivity contribution in [3.05, 3.63) is 78.3 Å². The standard InChI is InChI=1S/C22H15Cl3F6N2O4/c23-15-8-12(9-16(24)20(15)25)14(22(29,30)31)4-2-11-1-3-13(17(7-11)33(36)37)18(34)5-6-19(35)32-10-21(26,27)28/h1-4,7-9,14H,5-6,10H2,(H,32,35)/b4-2+. The highest BCUT2D eigenvalue weighted by Gasteiger charge is 2.39. The number of Topliss-reactive ketones (excluding diaryl/α,β-unsaturated/α-hetero) is 1. The number of allylic oxidation sites excluding steroid dienone is 1. The third-order valence-electron chi connectivity index (χ3n) is 4.78. The number of nitro benzene ring substituents is 1. The maximum atomic E-state index is 13.7. The molecule has 1 amide bonds. The number of nitrogens with zero attached hydrogens (tertiary/aromatic N) is 1. The van der Waals surface area contributed by atoms with Crippen molar-refractivity contribution in [3.8, 4) is 0 Å². The number of hydrogen-bond donors (Lipinski definition) is 1. The second-order valence-electron chi connectivity index (χ2n) is 7.53. The molecule has 2 rings (SSSR count). The molecule has 0 radical (unpaired) electrons. The predicted molar refractivity (Wildman–Crippen MR) is 125 cm³/mol. The molecule has 200 valence electrons. The van der Waals surface area contributed by atoms with E-state index in [9.17, 15) is 46.0 Å². The van der Waals surface area contributed by atoms with Gasteiger partial charge in [-0.05, 0) is 29.3 Å². The maximum Gasteiger partial charge on any atom is 0.405 e. The van der Waals surface area contributed by atoms with Crippen LogP contribution in [0.2, 0.25) is 15.1 Å². The summed E-state index contributed by atoms with van der Waals surface area (Å²) in [6.07, 6.45) is -9.09. The number of halogens is 9. The summed E-state index contributed by atoms with van der Waals surface area (Å²) in [6.45, 7) is -1.60. The van der Waals surface area contributed by atoms with Gasteiger partial charge in [0.25, 0.3) is 5.69 Å². The van der Waals surface area contributed by atoms with E-state index in [0.717, 1.165) is 36.4 Å². The highest BCUT2D eigenvalue weighted by Crippen LogP contribution is 2.41. The van der Waals surface area contributed by atoms with Gasteiger partial charge in [-0.25, -0.2) is 0 Å². The number of nitrogens with one attached hydrogen (secondary N) is 1. The van der Waals surface area contributed by atoms with Crippen LogP contribution in [0.4, 0.5) is 32.0 Å². The van der Waals surface area contributed by atoms with Crippen molar-refractivity contribution in [2.75, 3.05) is 6.54 Å². The second kappa shape index (κ2) is 12.1. The van der Waals surface area contributed by atoms with E-state index >= 15 is 0 Å². The summed E-state index contributed by atoms with van der Waals surface area (Å²) in [5.74, 6) is -4.22. The fourth-order valence-corrected chi connectivity index (χ4v) is 3.67. The normalized spacial score (nSPS) is 13.0. The van der Waals surface area contributed by atoms with Crippen molar-refractivity contribution in [3.63, 3.8) is 0 Å². The minimum absolute atomic E-state index is 0.0634. The number of alkyl halides is 6. The van der Waals surface area contributed by atoms with E-state index in [4.69, 9.17) is 34.8 Å². The number of hydrogen-bond acceptors (Lipinski definition) is 4. The highest BCUT2D eigenvalue weighted by atomic mass is 35.5. The molecule has 0 saturated carbocycles. The lowest BCUT2D eigenvalue weighted by Gasteiger charge is -2.18. The van der Waals surface area contributed by atoms with Gasteiger partial charge in [0.15, 0.2) is 5.78 Å². The summed E-state index contributed by atoms with van der Waals surface area (Å²) in [5, 5.41) is 12.5. The van der Waals surface area contributed by atoms with E-state index in [0.29, 0.717) is 6.08 Å². The van der Waals surface area contributed by atoms with Crippen LogP contribution in [-0.4, -0.2) is 35.5 Å². The van der Waals surface area contributed by atoms with Crippen LogP contribution >= 0.6 is 34.8 Å². The van der Waals surface area contributed by atoms with Crippen LogP contribution in [0.25, 0.3) is 6.08 Å². The molecule has 1 unspecified atom stereocenters. The lowest BCUT2D eigenvalue weighted by atomic mass is 9.96. The third kappa shape index (κ3) is 8.90. The minimum atomic E-state index is -4.80. The largest absolute Gasteiger partial charge is 0.405 e. The quantitative estimate of drug-likeness (QED) is 0.107. The fourth-order valence-electron chi connectivity index (χ4n) is 3.06. The molecule has 2 aromatic carbocycles. The van der Waals surface area contributed by atoms with E-state index < -0.39 is 65.5 Å². The molecule has 6 nitrogen and oxygen atoms in total. The van der Waals surface area contributed by atoms with Gasteiger partial charge in [-0.3, -0.25) is 19.7 Å². The maximum absolute atomic E-state index is 13.7. The van der Waals surface area contributed by atoms with Crippen molar-refractivity contribution in [2.24, 2.45) is 0 Å². The highest BCUT2D eigenvalue weighted by molar-refractivity contribution is 6.48. The Labute approximate surface area is 220 Å². The molecule has 0 heterocycles. The molecule has 15 heteroatoms. The molecule has 0 aromatic heterocycles. The number of nitro groups is 1. The summed E-state index contributed by atoms with van der Waals surface area (Å²) in [7, 11) is 0. The Kier molecular flexibility index (Phi) is 9.97. The molecule has 37 heavy (non-hydrogen) atoms. The van der Waals surface area contributed by atoms with Gasteiger partial charge in [0.2, 0.25) is 5.91 Å². The average Bonchev–Trinajstić information content (AvgIpc) is 2.78. The zero-order valence-corrected chi connectivity index (χ0v) is 20.5. The Morgan fingerprint density at radius 1 is 1.00 bits per heavy atom. The van der Waals surface area contributed by atoms with Crippen molar-refractivity contribution >= 4 is 58.3 Å². The van der Waals surface area contributed by atoms with Crippen LogP contribution in [0.5, 0.6) is 0 Å². The third-order valence-corrected chi connectivity index (χ3v) is 5.98. The Morgan fingerprint density at radius 3 is 2.11 bits per heavy atom. The van der Waals surface area contributed by atoms with Crippen molar-refractivity contribution in [1.29, 1.82) is 0 Å². The number of ketones is 1. The first-order valence-electron chi connectivity index (χ1n) is 10.0. The first-order chi connectivity index (χ1) is 17.0. The molecule has 0 saturated heterocycles. The number of carbonyl (C=O) groups is 2. The van der Waals surface area contributed by atoms with Gasteiger partial charge in [-0.15, -0.1) is 0 Å². The Bertz CT molecular complexity index is 1210. The van der Waals surface area contributed by atoms with Gasteiger partial charge < -0.3 is 5.32 Å². The molecule has 0 aliphatic carbocycles. The zero-order chi connectivity index (χ0) is 28.1. The fraction of sp³-hybridized carbons (Fsp3) is 0.273. The molecule has 0 spiro atoms. The zero-order valence-electron chi connectivity index (χ0n) is 18.2. The summed E-state index contributed by atoms with van der Waals surface area (Å²) >= 11 is 17.4. The van der Waals surface area contributed by atoms with Gasteiger partial charge in [0.05, 0.1) is 31.5 Å². The number of amides is 1. The van der Waals surface area contributed by atoms with Crippen molar-refractivity contribution in [2.45, 2.75) is 31.1 Å². The van der Waals surface area contributed by atoms with Gasteiger partial charge in [-0.1, -0.05) is 53.0 Å². The second-order valence-corrected chi connectivity index (χ2v) is 8.72. The topological polar surface area (TPSA) is 89.3 Å². The van der Waals surface area contributed by atoms with Crippen LogP contribution < -0.4 is 5.32 Å². The van der Waals surface area contributed by atoms with E-state index in [1.165, 1.54) is 0 Å². The predicted octanol–water partition coefficient (Wildman–Crippen LogP) is 7.56. The van der Waals surface area contributed by atoms with E-state index in [2.05, 4.69) is 0 Å². The summed E-state index contributed by atoms with van der Waals surface area (Å²) < 4.78 is 77.5. The van der Waals surface area contributed by atoms with Gasteiger partial charge in [0.1, 0.15) is 6.54 Å². The van der Waals surface area contributed by atoms with Crippen LogP contribution in [0.15, 0.2) is 36.4 Å². The van der Waals surface area contributed by atoms with Gasteiger partial charge in [0, 0.05) is 18.9 Å². The molecular formula is C22H15Cl3F6N2O4. The molecule has 1 atom stereocenters. The number of rotatable bonds is 9. The smallest absolute Gasteiger partial charge is 0.347 e. The SMILES string of the molecule is O=C(CCC(=O)c1ccc(/C=C/C(c2cc(Cl)c(Cl)c(Cl)c2)C(F)(F)F)cc1[N+](=O)[O-])NCC(F)(F)F. The minimum Gasteiger partial charge on any atom is -0.347 e. The van der Waals surface area contributed by atoms with Gasteiger partial charge >= 0.3 is 12.4 Å². The first-order valence-corrected chi connectivity index (χ1v) is 11.2. The summed E-state index contributed by atoms with van der Waals surface area (Å²) in [6, 6.07) is 4.92. The van der Waals surface area contributed by atoms with E-state index in [-0.39, 0.29) is 26.2 Å². The summed E-state index contributed by atoms with van der Waals surface area (Å²) in [5.41, 5.74) is -1.63. The molecule has 1 N–H and O–H groups in total. The summed E-state index contributed by atoms with van der Waals surface area (Å²) in [4.78, 5) is 34.3. The Hall–Kier alpha value is -2.83. The lowest BCUT2D eigenvalue weighted by Crippen LogP contribution is -2.33. The average molecular weight is 592 g/mol. The lowest BCUT2D eigenvalue weighted by molar-refractivity contribution is -0.385. The Balaban J connectivity index is 2.28. The van der Waals surface area contributed by atoms with Gasteiger partial charge in [-0.2, -0.15) is 26.3 Å². The van der Waals surface area contributed by atoms with Crippen LogP contribution in [0.3, 0.4) is 0 Å². The monoisotopic (exact) mass is 590 g/mol. The van der Waals surface area contributed by atoms with Crippen molar-refractivity contribution < 1.29 is 40.9 Å². The van der Waals surface area contributed by atoms with Crippen LogP contribution in [0, 0.1) is 10.1 Å². The van der Waals surface area contributed by atoms with Crippen LogP contribution in [-0.2, 0) is 4.79 Å². The van der Waals surface area contributed by atoms with Crippen LogP contribution in [0.1, 0.15) is 40.2 Å². The molecule has 0 fully saturated rings. The van der Waals surface area contributed by atoms with E-state index in [1.807, 2.05) is 0 Å². The molecular weight excluding hydrogens is 577 g/mol. The molecule has 2 aromatic rings. The number of benzene rings is 2. The first kappa shape index (κ1) is 30.4. The molecule has 0 aliphatic rings. The Morgan fingerprint density at radius 2 is 1.59 bits per heavy atom. The molecule has 0 bridgehead atoms. The molecule has 0 aliphatic heterocycles. The number of carbonyl (C=O) groups excluding carboxylic acids is 2.